The molecule has 4 rings (SSSR count). The number of hydrogen-bond donors (Lipinski definition) is 2. The lowest BCUT2D eigenvalue weighted by atomic mass is 9.79. The van der Waals surface area contributed by atoms with E-state index in [9.17, 15) is 5.11 Å². The molecule has 24 heavy (non-hydrogen) atoms. The van der Waals surface area contributed by atoms with E-state index in [-0.39, 0.29) is 0 Å². The first-order valence-electron chi connectivity index (χ1n) is 8.76. The molecule has 3 N–H and O–H groups in total. The average molecular weight is 325 g/mol. The molecule has 2 aliphatic carbocycles. The predicted octanol–water partition coefficient (Wildman–Crippen LogP) is 2.11. The Kier molecular flexibility index (Phi) is 3.69. The summed E-state index contributed by atoms with van der Waals surface area (Å²) in [7, 11) is 0. The highest BCUT2D eigenvalue weighted by molar-refractivity contribution is 5.81. The normalized spacial score (nSPS) is 27.0. The van der Waals surface area contributed by atoms with Crippen LogP contribution in [0.5, 0.6) is 0 Å². The lowest BCUT2D eigenvalue weighted by Crippen LogP contribution is -2.32. The minimum absolute atomic E-state index is 0.350. The van der Waals surface area contributed by atoms with Crippen molar-refractivity contribution in [2.45, 2.75) is 57.6 Å². The molecule has 0 aromatic carbocycles. The number of hydrogen-bond acceptors (Lipinski definition) is 5. The molecule has 2 unspecified atom stereocenters. The van der Waals surface area contributed by atoms with Gasteiger partial charge in [-0.1, -0.05) is 19.3 Å². The first kappa shape index (κ1) is 15.4. The Bertz CT molecular complexity index is 829. The fourth-order valence-corrected chi connectivity index (χ4v) is 3.54. The van der Waals surface area contributed by atoms with Crippen LogP contribution >= 0.6 is 0 Å². The van der Waals surface area contributed by atoms with Gasteiger partial charge < -0.3 is 15.4 Å². The number of nitrogens with two attached hydrogens (primary N) is 1. The number of nitrogen functional groups attached to an aromatic ring is 1. The van der Waals surface area contributed by atoms with Crippen molar-refractivity contribution in [3.05, 3.63) is 12.2 Å². The number of anilines is 1. The highest BCUT2D eigenvalue weighted by atomic mass is 16.3. The second-order valence-corrected chi connectivity index (χ2v) is 7.43. The van der Waals surface area contributed by atoms with E-state index in [1.807, 2.05) is 4.57 Å². The number of rotatable bonds is 2. The zero-order valence-corrected chi connectivity index (χ0v) is 14.0. The van der Waals surface area contributed by atoms with Crippen LogP contribution in [-0.2, 0) is 6.54 Å². The lowest BCUT2D eigenvalue weighted by Gasteiger charge is -2.30. The van der Waals surface area contributed by atoms with E-state index in [1.54, 1.807) is 6.33 Å². The molecule has 0 amide bonds. The monoisotopic (exact) mass is 325 g/mol. The Morgan fingerprint density at radius 1 is 1.38 bits per heavy atom. The molecule has 0 bridgehead atoms. The Balaban J connectivity index is 1.66. The van der Waals surface area contributed by atoms with Crippen LogP contribution in [-0.4, -0.2) is 30.2 Å². The van der Waals surface area contributed by atoms with Gasteiger partial charge >= 0.3 is 0 Å². The van der Waals surface area contributed by atoms with Crippen LogP contribution in [0.4, 0.5) is 5.82 Å². The van der Waals surface area contributed by atoms with Crippen molar-refractivity contribution in [3.63, 3.8) is 0 Å². The van der Waals surface area contributed by atoms with Crippen LogP contribution in [0.15, 0.2) is 6.33 Å². The molecule has 2 atom stereocenters. The van der Waals surface area contributed by atoms with E-state index in [4.69, 9.17) is 5.73 Å². The Morgan fingerprint density at radius 2 is 2.21 bits per heavy atom. The maximum absolute atomic E-state index is 10.6. The molecule has 6 heteroatoms. The fourth-order valence-electron chi connectivity index (χ4n) is 3.54. The third-order valence-electron chi connectivity index (χ3n) is 5.02. The van der Waals surface area contributed by atoms with Gasteiger partial charge in [0.15, 0.2) is 11.5 Å². The molecule has 0 aliphatic heterocycles. The molecule has 2 aromatic heterocycles. The summed E-state index contributed by atoms with van der Waals surface area (Å²) < 4.78 is 2.04. The molecule has 2 aliphatic rings. The topological polar surface area (TPSA) is 89.9 Å². The van der Waals surface area contributed by atoms with Crippen molar-refractivity contribution in [1.82, 2.24) is 19.5 Å². The summed E-state index contributed by atoms with van der Waals surface area (Å²) >= 11 is 0. The van der Waals surface area contributed by atoms with Crippen LogP contribution in [0.25, 0.3) is 11.2 Å². The Labute approximate surface area is 141 Å². The summed E-state index contributed by atoms with van der Waals surface area (Å²) in [5.74, 6) is 7.87. The SMILES string of the molecule is CC1CCCC(O)(C#Cc2nc(N)c3ncn(CC4CC4)c3n2)C1. The summed E-state index contributed by atoms with van der Waals surface area (Å²) in [6.45, 7) is 3.07. The highest BCUT2D eigenvalue weighted by Crippen LogP contribution is 2.32. The van der Waals surface area contributed by atoms with Crippen molar-refractivity contribution in [2.24, 2.45) is 11.8 Å². The van der Waals surface area contributed by atoms with Gasteiger partial charge in [-0.05, 0) is 49.9 Å². The van der Waals surface area contributed by atoms with Crippen LogP contribution in [0.1, 0.15) is 51.3 Å². The third kappa shape index (κ3) is 3.09. The highest BCUT2D eigenvalue weighted by Gasteiger charge is 2.30. The average Bonchev–Trinajstić information content (AvgIpc) is 3.25. The van der Waals surface area contributed by atoms with Crippen molar-refractivity contribution in [1.29, 1.82) is 0 Å². The van der Waals surface area contributed by atoms with Crippen LogP contribution < -0.4 is 5.73 Å². The molecule has 0 radical (unpaired) electrons. The lowest BCUT2D eigenvalue weighted by molar-refractivity contribution is 0.0410. The molecular weight excluding hydrogens is 302 g/mol. The van der Waals surface area contributed by atoms with E-state index in [0.29, 0.717) is 35.9 Å². The van der Waals surface area contributed by atoms with Gasteiger partial charge in [-0.25, -0.2) is 15.0 Å². The largest absolute Gasteiger partial charge is 0.382 e. The third-order valence-corrected chi connectivity index (χ3v) is 5.02. The van der Waals surface area contributed by atoms with Crippen molar-refractivity contribution >= 4 is 17.0 Å². The fraction of sp³-hybridized carbons (Fsp3) is 0.611. The van der Waals surface area contributed by atoms with Crippen LogP contribution in [0, 0.1) is 23.7 Å². The minimum Gasteiger partial charge on any atom is -0.382 e. The maximum Gasteiger partial charge on any atom is 0.209 e. The van der Waals surface area contributed by atoms with Crippen molar-refractivity contribution in [3.8, 4) is 11.8 Å². The predicted molar refractivity (Wildman–Crippen MR) is 91.9 cm³/mol. The zero-order valence-electron chi connectivity index (χ0n) is 14.0. The number of fused-ring (bicyclic) bond motifs is 1. The molecule has 2 aromatic rings. The number of imidazole rings is 1. The molecule has 0 spiro atoms. The summed E-state index contributed by atoms with van der Waals surface area (Å²) in [6, 6.07) is 0. The zero-order chi connectivity index (χ0) is 16.7. The van der Waals surface area contributed by atoms with E-state index < -0.39 is 5.60 Å². The van der Waals surface area contributed by atoms with Crippen LogP contribution in [0.3, 0.4) is 0 Å². The minimum atomic E-state index is -0.932. The second-order valence-electron chi connectivity index (χ2n) is 7.43. The Hall–Kier alpha value is -2.13. The van der Waals surface area contributed by atoms with Gasteiger partial charge in [0, 0.05) is 6.54 Å². The van der Waals surface area contributed by atoms with Gasteiger partial charge in [0.2, 0.25) is 5.82 Å². The van der Waals surface area contributed by atoms with Crippen LogP contribution in [0.2, 0.25) is 0 Å². The molecule has 0 saturated heterocycles. The summed E-state index contributed by atoms with van der Waals surface area (Å²) in [5, 5.41) is 10.6. The molecule has 126 valence electrons. The quantitative estimate of drug-likeness (QED) is 0.825. The van der Waals surface area contributed by atoms with E-state index >= 15 is 0 Å². The first-order chi connectivity index (χ1) is 11.5. The van der Waals surface area contributed by atoms with E-state index in [2.05, 4.69) is 33.7 Å². The standard InChI is InChI=1S/C18H23N5O/c1-12-3-2-7-18(24,9-12)8-6-14-21-16(19)15-17(22-14)23(11-20-15)10-13-4-5-13/h11-13,24H,2-5,7,9-10H2,1H3,(H2,19,21,22). The van der Waals surface area contributed by atoms with Gasteiger partial charge in [0.1, 0.15) is 11.1 Å². The van der Waals surface area contributed by atoms with Gasteiger partial charge in [0.05, 0.1) is 6.33 Å². The number of aliphatic hydroxyl groups is 1. The van der Waals surface area contributed by atoms with E-state index in [1.165, 1.54) is 12.8 Å². The molecule has 2 heterocycles. The number of nitrogens with zero attached hydrogens (tertiary/aromatic N) is 4. The summed E-state index contributed by atoms with van der Waals surface area (Å²) in [5.41, 5.74) is 6.46. The second kappa shape index (κ2) is 5.75. The van der Waals surface area contributed by atoms with Gasteiger partial charge in [0.25, 0.3) is 0 Å². The molecular formula is C18H23N5O. The maximum atomic E-state index is 10.6. The number of aromatic nitrogens is 4. The smallest absolute Gasteiger partial charge is 0.209 e. The molecule has 6 nitrogen and oxygen atoms in total. The summed E-state index contributed by atoms with van der Waals surface area (Å²) in [6.07, 6.45) is 7.87. The van der Waals surface area contributed by atoms with Crippen molar-refractivity contribution < 1.29 is 5.11 Å². The molecule has 2 saturated carbocycles. The van der Waals surface area contributed by atoms with Gasteiger partial charge in [-0.2, -0.15) is 0 Å². The Morgan fingerprint density at radius 3 is 2.96 bits per heavy atom. The summed E-state index contributed by atoms with van der Waals surface area (Å²) in [4.78, 5) is 13.1. The van der Waals surface area contributed by atoms with E-state index in [0.717, 1.165) is 31.0 Å². The van der Waals surface area contributed by atoms with Gasteiger partial charge in [-0.15, -0.1) is 0 Å². The van der Waals surface area contributed by atoms with Gasteiger partial charge in [-0.3, -0.25) is 0 Å². The van der Waals surface area contributed by atoms with Crippen molar-refractivity contribution in [2.75, 3.05) is 5.73 Å². The first-order valence-corrected chi connectivity index (χ1v) is 8.76. The molecule has 2 fully saturated rings.